The summed E-state index contributed by atoms with van der Waals surface area (Å²) < 4.78 is 0. The average Bonchev–Trinajstić information content (AvgIpc) is 3.20. The third kappa shape index (κ3) is 5.04. The monoisotopic (exact) mass is 322 g/mol. The van der Waals surface area contributed by atoms with Gasteiger partial charge in [-0.05, 0) is 50.6 Å². The maximum absolute atomic E-state index is 11.8. The van der Waals surface area contributed by atoms with Crippen molar-refractivity contribution < 1.29 is 4.79 Å². The van der Waals surface area contributed by atoms with Gasteiger partial charge in [0.2, 0.25) is 5.91 Å². The summed E-state index contributed by atoms with van der Waals surface area (Å²) in [5, 5.41) is 8.87. The number of rotatable bonds is 7. The van der Waals surface area contributed by atoms with Gasteiger partial charge in [-0.15, -0.1) is 11.3 Å². The molecule has 1 unspecified atom stereocenters. The summed E-state index contributed by atoms with van der Waals surface area (Å²) in [6, 6.07) is 0. The largest absolute Gasteiger partial charge is 0.308 e. The lowest BCUT2D eigenvalue weighted by atomic mass is 10.0. The average molecular weight is 322 g/mol. The van der Waals surface area contributed by atoms with Crippen molar-refractivity contribution in [3.8, 4) is 0 Å². The molecule has 1 atom stereocenters. The Morgan fingerprint density at radius 2 is 2.32 bits per heavy atom. The zero-order valence-corrected chi connectivity index (χ0v) is 14.1. The summed E-state index contributed by atoms with van der Waals surface area (Å²) in [5.41, 5.74) is 1.07. The first-order valence-corrected chi connectivity index (χ1v) is 9.24. The Morgan fingerprint density at radius 1 is 1.45 bits per heavy atom. The van der Waals surface area contributed by atoms with E-state index in [2.05, 4.69) is 32.8 Å². The van der Waals surface area contributed by atoms with Gasteiger partial charge in [0, 0.05) is 18.5 Å². The topological polar surface area (TPSA) is 57.3 Å². The molecule has 2 heterocycles. The molecule has 1 aliphatic carbocycles. The normalized spacial score (nSPS) is 22.7. The fraction of sp³-hybridized carbons (Fsp3) is 0.750. The first-order chi connectivity index (χ1) is 10.7. The molecule has 3 rings (SSSR count). The lowest BCUT2D eigenvalue weighted by molar-refractivity contribution is -0.115. The van der Waals surface area contributed by atoms with Crippen LogP contribution in [0.5, 0.6) is 0 Å². The van der Waals surface area contributed by atoms with Gasteiger partial charge in [-0.25, -0.2) is 4.98 Å². The van der Waals surface area contributed by atoms with Crippen LogP contribution < -0.4 is 10.6 Å². The van der Waals surface area contributed by atoms with E-state index in [1.807, 2.05) is 0 Å². The molecular formula is C16H26N4OS. The summed E-state index contributed by atoms with van der Waals surface area (Å²) in [5.74, 6) is 1.59. The number of nitrogens with zero attached hydrogens (tertiary/aromatic N) is 2. The second kappa shape index (κ2) is 7.53. The van der Waals surface area contributed by atoms with E-state index in [-0.39, 0.29) is 5.91 Å². The van der Waals surface area contributed by atoms with Crippen LogP contribution in [0.25, 0.3) is 0 Å². The fourth-order valence-corrected chi connectivity index (χ4v) is 3.69. The molecule has 1 aromatic heterocycles. The van der Waals surface area contributed by atoms with Crippen LogP contribution in [-0.4, -0.2) is 42.0 Å². The summed E-state index contributed by atoms with van der Waals surface area (Å²) in [7, 11) is 0. The molecular weight excluding hydrogens is 296 g/mol. The molecule has 1 saturated heterocycles. The van der Waals surface area contributed by atoms with Crippen LogP contribution in [0.2, 0.25) is 0 Å². The Balaban J connectivity index is 1.40. The molecule has 0 spiro atoms. The van der Waals surface area contributed by atoms with E-state index in [0.29, 0.717) is 6.54 Å². The van der Waals surface area contributed by atoms with Crippen LogP contribution >= 0.6 is 11.3 Å². The van der Waals surface area contributed by atoms with Gasteiger partial charge in [0.25, 0.3) is 0 Å². The van der Waals surface area contributed by atoms with Crippen LogP contribution in [0.4, 0.5) is 5.13 Å². The molecule has 2 N–H and O–H groups in total. The Kier molecular flexibility index (Phi) is 5.44. The number of piperidine rings is 1. The SMILES string of the molecule is CC1CCCN(Cc2csc(NC(=O)CNCC3CC3)n2)C1. The van der Waals surface area contributed by atoms with Crippen LogP contribution in [0.3, 0.4) is 0 Å². The highest BCUT2D eigenvalue weighted by Gasteiger charge is 2.21. The number of hydrogen-bond acceptors (Lipinski definition) is 5. The van der Waals surface area contributed by atoms with E-state index < -0.39 is 0 Å². The van der Waals surface area contributed by atoms with Crippen molar-refractivity contribution >= 4 is 22.4 Å². The lowest BCUT2D eigenvalue weighted by Crippen LogP contribution is -2.33. The summed E-state index contributed by atoms with van der Waals surface area (Å²) >= 11 is 1.52. The van der Waals surface area contributed by atoms with Gasteiger partial charge in [-0.1, -0.05) is 6.92 Å². The van der Waals surface area contributed by atoms with Crippen molar-refractivity contribution in [3.05, 3.63) is 11.1 Å². The molecule has 6 heteroatoms. The van der Waals surface area contributed by atoms with Crippen LogP contribution in [0.15, 0.2) is 5.38 Å². The van der Waals surface area contributed by atoms with Crippen molar-refractivity contribution in [2.45, 2.75) is 39.2 Å². The van der Waals surface area contributed by atoms with Gasteiger partial charge in [0.1, 0.15) is 0 Å². The number of nitrogens with one attached hydrogen (secondary N) is 2. The van der Waals surface area contributed by atoms with Gasteiger partial charge >= 0.3 is 0 Å². The first-order valence-electron chi connectivity index (χ1n) is 8.36. The zero-order chi connectivity index (χ0) is 15.4. The maximum atomic E-state index is 11.8. The van der Waals surface area contributed by atoms with Crippen molar-refractivity contribution in [2.75, 3.05) is 31.5 Å². The molecule has 1 amide bonds. The van der Waals surface area contributed by atoms with Gasteiger partial charge < -0.3 is 10.6 Å². The molecule has 0 radical (unpaired) electrons. The summed E-state index contributed by atoms with van der Waals surface area (Å²) in [4.78, 5) is 18.8. The highest BCUT2D eigenvalue weighted by molar-refractivity contribution is 7.13. The molecule has 0 aromatic carbocycles. The van der Waals surface area contributed by atoms with E-state index in [1.165, 1.54) is 37.0 Å². The van der Waals surface area contributed by atoms with Gasteiger partial charge in [-0.3, -0.25) is 9.69 Å². The Hall–Kier alpha value is -0.980. The number of hydrogen-bond donors (Lipinski definition) is 2. The predicted octanol–water partition coefficient (Wildman–Crippen LogP) is 2.31. The number of carbonyl (C=O) groups excluding carboxylic acids is 1. The standard InChI is InChI=1S/C16H26N4OS/c1-12-3-2-6-20(9-12)10-14-11-22-16(18-14)19-15(21)8-17-7-13-4-5-13/h11-13,17H,2-10H2,1H3,(H,18,19,21). The Bertz CT molecular complexity index is 500. The quantitative estimate of drug-likeness (QED) is 0.809. The van der Waals surface area contributed by atoms with Crippen LogP contribution in [-0.2, 0) is 11.3 Å². The zero-order valence-electron chi connectivity index (χ0n) is 13.3. The summed E-state index contributed by atoms with van der Waals surface area (Å²) in [6.07, 6.45) is 5.23. The highest BCUT2D eigenvalue weighted by atomic mass is 32.1. The minimum atomic E-state index is 0.00754. The molecule has 1 saturated carbocycles. The lowest BCUT2D eigenvalue weighted by Gasteiger charge is -2.30. The minimum absolute atomic E-state index is 0.00754. The molecule has 22 heavy (non-hydrogen) atoms. The fourth-order valence-electron chi connectivity index (χ4n) is 2.97. The van der Waals surface area contributed by atoms with Crippen molar-refractivity contribution in [1.82, 2.24) is 15.2 Å². The van der Waals surface area contributed by atoms with Crippen molar-refractivity contribution in [2.24, 2.45) is 11.8 Å². The molecule has 2 fully saturated rings. The van der Waals surface area contributed by atoms with Crippen LogP contribution in [0.1, 0.15) is 38.3 Å². The molecule has 5 nitrogen and oxygen atoms in total. The molecule has 1 aliphatic heterocycles. The number of anilines is 1. The molecule has 0 bridgehead atoms. The van der Waals surface area contributed by atoms with Crippen LogP contribution in [0, 0.1) is 11.8 Å². The number of thiazole rings is 1. The number of amides is 1. The Morgan fingerprint density at radius 3 is 3.09 bits per heavy atom. The summed E-state index contributed by atoms with van der Waals surface area (Å²) in [6.45, 7) is 6.88. The molecule has 122 valence electrons. The Labute approximate surface area is 136 Å². The van der Waals surface area contributed by atoms with Gasteiger partial charge in [0.15, 0.2) is 5.13 Å². The second-order valence-corrected chi connectivity index (χ2v) is 7.61. The van der Waals surface area contributed by atoms with E-state index in [4.69, 9.17) is 0 Å². The first kappa shape index (κ1) is 15.9. The number of carbonyl (C=O) groups is 1. The van der Waals surface area contributed by atoms with Crippen molar-refractivity contribution in [1.29, 1.82) is 0 Å². The number of likely N-dealkylation sites (tertiary alicyclic amines) is 1. The smallest absolute Gasteiger partial charge is 0.240 e. The van der Waals surface area contributed by atoms with Gasteiger partial charge in [-0.2, -0.15) is 0 Å². The van der Waals surface area contributed by atoms with E-state index in [0.717, 1.165) is 48.8 Å². The predicted molar refractivity (Wildman–Crippen MR) is 90.0 cm³/mol. The van der Waals surface area contributed by atoms with Gasteiger partial charge in [0.05, 0.1) is 12.2 Å². The third-order valence-electron chi connectivity index (χ3n) is 4.34. The minimum Gasteiger partial charge on any atom is -0.308 e. The van der Waals surface area contributed by atoms with E-state index in [1.54, 1.807) is 0 Å². The van der Waals surface area contributed by atoms with Crippen molar-refractivity contribution in [3.63, 3.8) is 0 Å². The third-order valence-corrected chi connectivity index (χ3v) is 5.15. The maximum Gasteiger partial charge on any atom is 0.240 e. The highest BCUT2D eigenvalue weighted by Crippen LogP contribution is 2.27. The molecule has 2 aliphatic rings. The van der Waals surface area contributed by atoms with E-state index >= 15 is 0 Å². The number of aromatic nitrogens is 1. The second-order valence-electron chi connectivity index (χ2n) is 6.75. The molecule has 1 aromatic rings. The van der Waals surface area contributed by atoms with E-state index in [9.17, 15) is 4.79 Å².